The maximum absolute atomic E-state index is 14.6. The van der Waals surface area contributed by atoms with Crippen LogP contribution in [0.3, 0.4) is 0 Å². The number of rotatable bonds is 14. The first-order chi connectivity index (χ1) is 23.6. The van der Waals surface area contributed by atoms with Gasteiger partial charge in [0.1, 0.15) is 17.5 Å². The van der Waals surface area contributed by atoms with E-state index in [1.807, 2.05) is 27.7 Å². The molecule has 1 saturated heterocycles. The maximum atomic E-state index is 14.6. The molecule has 4 rings (SSSR count). The molecule has 1 spiro atoms. The second kappa shape index (κ2) is 16.6. The van der Waals surface area contributed by atoms with Gasteiger partial charge in [0.2, 0.25) is 17.6 Å². The van der Waals surface area contributed by atoms with Crippen LogP contribution in [-0.2, 0) is 28.8 Å². The Bertz CT molecular complexity index is 1480. The van der Waals surface area contributed by atoms with Gasteiger partial charge in [-0.2, -0.15) is 0 Å². The van der Waals surface area contributed by atoms with Crippen LogP contribution in [0.4, 0.5) is 0 Å². The molecule has 13 heteroatoms. The highest BCUT2D eigenvalue weighted by Crippen LogP contribution is 2.43. The number of amides is 3. The van der Waals surface area contributed by atoms with E-state index in [1.54, 1.807) is 12.1 Å². The number of ether oxygens (including phenoxy) is 2. The van der Waals surface area contributed by atoms with E-state index < -0.39 is 46.6 Å². The number of carbonyl (C=O) groups is 5. The third kappa shape index (κ3) is 9.16. The monoisotopic (exact) mass is 716 g/mol. The molecule has 1 aromatic rings. The summed E-state index contributed by atoms with van der Waals surface area (Å²) in [6.07, 6.45) is 7.75. The van der Waals surface area contributed by atoms with Crippen molar-refractivity contribution in [2.45, 2.75) is 122 Å². The number of nitrogens with zero attached hydrogens (tertiary/aromatic N) is 2. The van der Waals surface area contributed by atoms with Crippen LogP contribution in [0, 0.1) is 17.3 Å². The molecule has 2 heterocycles. The Morgan fingerprint density at radius 3 is 2.32 bits per heavy atom. The van der Waals surface area contributed by atoms with Crippen molar-refractivity contribution in [3.8, 4) is 11.5 Å². The Kier molecular flexibility index (Phi) is 13.0. The van der Waals surface area contributed by atoms with Crippen molar-refractivity contribution in [1.82, 2.24) is 10.2 Å². The smallest absolute Gasteiger partial charge is 0.285 e. The molecular weight excluding hydrogens is 664 g/mol. The molecule has 1 aliphatic carbocycles. The molecule has 2 aliphatic heterocycles. The van der Waals surface area contributed by atoms with E-state index in [0.29, 0.717) is 47.1 Å². The summed E-state index contributed by atoms with van der Waals surface area (Å²) in [5.74, 6) is -2.66. The van der Waals surface area contributed by atoms with Gasteiger partial charge in [-0.05, 0) is 36.7 Å². The summed E-state index contributed by atoms with van der Waals surface area (Å²) in [5.41, 5.74) is 4.65. The molecule has 1 aromatic carbocycles. The van der Waals surface area contributed by atoms with Gasteiger partial charge in [0, 0.05) is 43.2 Å². The lowest BCUT2D eigenvalue weighted by molar-refractivity contribution is -0.145. The second-order valence-corrected chi connectivity index (χ2v) is 15.6. The lowest BCUT2D eigenvalue weighted by atomic mass is 9.84. The number of oxime groups is 1. The first-order valence-corrected chi connectivity index (χ1v) is 18.1. The molecule has 0 bridgehead atoms. The van der Waals surface area contributed by atoms with Crippen LogP contribution in [0.2, 0.25) is 5.02 Å². The highest BCUT2D eigenvalue weighted by Gasteiger charge is 2.55. The fourth-order valence-corrected chi connectivity index (χ4v) is 7.77. The fraction of sp³-hybridized carbons (Fsp3) is 0.676. The summed E-state index contributed by atoms with van der Waals surface area (Å²) in [4.78, 5) is 74.3. The number of hydrogen-bond acceptors (Lipinski definition) is 9. The van der Waals surface area contributed by atoms with Crippen molar-refractivity contribution in [2.24, 2.45) is 28.1 Å². The molecule has 2 fully saturated rings. The summed E-state index contributed by atoms with van der Waals surface area (Å²) in [6.45, 7) is 7.48. The molecular formula is C37H53ClN4O8. The predicted molar refractivity (Wildman–Crippen MR) is 189 cm³/mol. The third-order valence-corrected chi connectivity index (χ3v) is 10.5. The number of nitrogens with two attached hydrogens (primary N) is 1. The Hall–Kier alpha value is -3.67. The van der Waals surface area contributed by atoms with Gasteiger partial charge in [0.05, 0.1) is 37.5 Å². The van der Waals surface area contributed by atoms with Crippen LogP contribution < -0.4 is 20.5 Å². The average Bonchev–Trinajstić information content (AvgIpc) is 3.56. The number of benzene rings is 1. The van der Waals surface area contributed by atoms with Crippen LogP contribution in [-0.4, -0.2) is 78.3 Å². The van der Waals surface area contributed by atoms with E-state index >= 15 is 0 Å². The lowest BCUT2D eigenvalue weighted by Gasteiger charge is -2.36. The molecule has 0 radical (unpaired) electrons. The van der Waals surface area contributed by atoms with Crippen molar-refractivity contribution in [1.29, 1.82) is 0 Å². The molecule has 12 nitrogen and oxygen atoms in total. The molecule has 3 N–H and O–H groups in total. The van der Waals surface area contributed by atoms with E-state index in [4.69, 9.17) is 31.6 Å². The minimum atomic E-state index is -1.10. The van der Waals surface area contributed by atoms with E-state index in [9.17, 15) is 24.0 Å². The number of likely N-dealkylation sites (tertiary alicyclic amines) is 1. The minimum Gasteiger partial charge on any atom is -0.496 e. The standard InChI is InChI=1S/C37H53ClN4O8/c1-7-12-23(32(45)34(39)46)16-28(43)27-20-37(19-26(41-50-37)24-17-25(38)30(49-6)18-29(24)48-5)21-42(27)35(47)33(36(2,3)4)40-31(44)15-22-13-10-8-9-11-14-22/h17-18,22-23,27,33H,7-16,19-21H2,1-6H3,(H2,39,46)(H,40,44)/t23-,27+,33-,37-/m1/s1. The fourth-order valence-electron chi connectivity index (χ4n) is 7.53. The largest absolute Gasteiger partial charge is 0.496 e. The van der Waals surface area contributed by atoms with Gasteiger partial charge < -0.3 is 30.3 Å². The molecule has 4 atom stereocenters. The van der Waals surface area contributed by atoms with E-state index in [0.717, 1.165) is 25.7 Å². The van der Waals surface area contributed by atoms with Crippen LogP contribution >= 0.6 is 11.6 Å². The summed E-state index contributed by atoms with van der Waals surface area (Å²) in [7, 11) is 3.01. The number of ketones is 2. The van der Waals surface area contributed by atoms with Gasteiger partial charge in [-0.25, -0.2) is 0 Å². The summed E-state index contributed by atoms with van der Waals surface area (Å²) < 4.78 is 10.9. The van der Waals surface area contributed by atoms with Gasteiger partial charge >= 0.3 is 0 Å². The quantitative estimate of drug-likeness (QED) is 0.197. The second-order valence-electron chi connectivity index (χ2n) is 15.2. The Labute approximate surface area is 300 Å². The van der Waals surface area contributed by atoms with Crippen LogP contribution in [0.15, 0.2) is 17.3 Å². The zero-order valence-corrected chi connectivity index (χ0v) is 31.0. The van der Waals surface area contributed by atoms with Crippen LogP contribution in [0.25, 0.3) is 0 Å². The SMILES string of the molecule is CCC[C@H](CC(=O)[C@@H]1C[C@]2(CC(c3cc(Cl)c(OC)cc3OC)=NO2)CN1C(=O)[C@@H](NC(=O)CC1CCCCCC1)C(C)(C)C)C(=O)C(N)=O. The van der Waals surface area contributed by atoms with Crippen molar-refractivity contribution >= 4 is 46.6 Å². The molecule has 1 saturated carbocycles. The van der Waals surface area contributed by atoms with Crippen molar-refractivity contribution in [3.63, 3.8) is 0 Å². The Morgan fingerprint density at radius 1 is 1.08 bits per heavy atom. The van der Waals surface area contributed by atoms with Crippen molar-refractivity contribution in [3.05, 3.63) is 22.7 Å². The van der Waals surface area contributed by atoms with Crippen molar-refractivity contribution in [2.75, 3.05) is 20.8 Å². The minimum absolute atomic E-state index is 0.00866. The number of Topliss-reactive ketones (excluding diaryl/α,β-unsaturated/α-hetero) is 2. The topological polar surface area (TPSA) is 167 Å². The highest BCUT2D eigenvalue weighted by molar-refractivity contribution is 6.36. The summed E-state index contributed by atoms with van der Waals surface area (Å²) in [6, 6.07) is 1.39. The Morgan fingerprint density at radius 2 is 1.74 bits per heavy atom. The lowest BCUT2D eigenvalue weighted by Crippen LogP contribution is -2.57. The number of primary amides is 1. The number of carbonyl (C=O) groups excluding carboxylic acids is 5. The number of hydrogen-bond donors (Lipinski definition) is 2. The normalized spacial score (nSPS) is 22.3. The van der Waals surface area contributed by atoms with Crippen LogP contribution in [0.1, 0.15) is 110 Å². The molecule has 3 aliphatic rings. The van der Waals surface area contributed by atoms with E-state index in [1.165, 1.54) is 32.0 Å². The number of halogens is 1. The number of methoxy groups -OCH3 is 2. The number of nitrogens with one attached hydrogen (secondary N) is 1. The molecule has 0 unspecified atom stereocenters. The summed E-state index contributed by atoms with van der Waals surface area (Å²) >= 11 is 6.46. The van der Waals surface area contributed by atoms with Gasteiger partial charge in [-0.15, -0.1) is 0 Å². The highest BCUT2D eigenvalue weighted by atomic mass is 35.5. The van der Waals surface area contributed by atoms with Gasteiger partial charge in [0.25, 0.3) is 5.91 Å². The molecule has 3 amide bonds. The molecule has 276 valence electrons. The predicted octanol–water partition coefficient (Wildman–Crippen LogP) is 5.14. The maximum Gasteiger partial charge on any atom is 0.285 e. The van der Waals surface area contributed by atoms with Crippen LogP contribution in [0.5, 0.6) is 11.5 Å². The van der Waals surface area contributed by atoms with Gasteiger partial charge in [0.15, 0.2) is 11.4 Å². The van der Waals surface area contributed by atoms with Gasteiger partial charge in [-0.1, -0.05) is 76.6 Å². The summed E-state index contributed by atoms with van der Waals surface area (Å²) in [5, 5.41) is 7.77. The third-order valence-electron chi connectivity index (χ3n) is 10.2. The molecule has 50 heavy (non-hydrogen) atoms. The van der Waals surface area contributed by atoms with Crippen molar-refractivity contribution < 1.29 is 38.3 Å². The molecule has 0 aromatic heterocycles. The van der Waals surface area contributed by atoms with Gasteiger partial charge in [-0.3, -0.25) is 24.0 Å². The first-order valence-electron chi connectivity index (χ1n) is 17.8. The zero-order valence-electron chi connectivity index (χ0n) is 30.3. The first kappa shape index (κ1) is 39.1. The average molecular weight is 717 g/mol. The van der Waals surface area contributed by atoms with E-state index in [2.05, 4.69) is 10.5 Å². The Balaban J connectivity index is 1.64. The zero-order chi connectivity index (χ0) is 36.8. The van der Waals surface area contributed by atoms with E-state index in [-0.39, 0.29) is 43.4 Å².